The predicted molar refractivity (Wildman–Crippen MR) is 127 cm³/mol. The van der Waals surface area contributed by atoms with Gasteiger partial charge in [-0.1, -0.05) is 43.7 Å². The highest BCUT2D eigenvalue weighted by molar-refractivity contribution is 6.33. The average molecular weight is 498 g/mol. The Morgan fingerprint density at radius 3 is 2.41 bits per heavy atom. The van der Waals surface area contributed by atoms with Gasteiger partial charge in [0.05, 0.1) is 29.0 Å². The molecule has 1 amide bonds. The van der Waals surface area contributed by atoms with E-state index in [-0.39, 0.29) is 28.6 Å². The second-order valence-electron chi connectivity index (χ2n) is 9.45. The van der Waals surface area contributed by atoms with Crippen LogP contribution in [0.1, 0.15) is 79.4 Å². The molecule has 2 aliphatic rings. The van der Waals surface area contributed by atoms with Gasteiger partial charge < -0.3 is 15.8 Å². The van der Waals surface area contributed by atoms with Crippen LogP contribution in [0.15, 0.2) is 24.3 Å². The van der Waals surface area contributed by atoms with Crippen LogP contribution >= 0.6 is 11.6 Å². The van der Waals surface area contributed by atoms with Crippen LogP contribution < -0.4 is 10.7 Å². The zero-order valence-electron chi connectivity index (χ0n) is 19.2. The zero-order chi connectivity index (χ0) is 24.5. The largest absolute Gasteiger partial charge is 0.416 e. The summed E-state index contributed by atoms with van der Waals surface area (Å²) in [5.74, 6) is -0.251. The summed E-state index contributed by atoms with van der Waals surface area (Å²) >= 11 is 6.36. The molecule has 1 aromatic carbocycles. The van der Waals surface area contributed by atoms with Crippen molar-refractivity contribution >= 4 is 17.5 Å². The Labute approximate surface area is 202 Å². The molecule has 4 rings (SSSR count). The summed E-state index contributed by atoms with van der Waals surface area (Å²) in [6.45, 7) is 1.75. The van der Waals surface area contributed by atoms with Crippen molar-refractivity contribution in [3.8, 4) is 11.3 Å². The number of halogens is 4. The van der Waals surface area contributed by atoms with Crippen molar-refractivity contribution in [1.29, 1.82) is 0 Å². The van der Waals surface area contributed by atoms with Crippen LogP contribution in [0.2, 0.25) is 5.02 Å². The van der Waals surface area contributed by atoms with Crippen LogP contribution in [-0.2, 0) is 6.18 Å². The van der Waals surface area contributed by atoms with Gasteiger partial charge in [-0.25, -0.2) is 0 Å². The fraction of sp³-hybridized carbons (Fsp3) is 0.560. The molecule has 2 saturated carbocycles. The predicted octanol–water partition coefficient (Wildman–Crippen LogP) is 6.05. The number of hydrogen-bond acceptors (Lipinski definition) is 3. The number of nitrogens with zero attached hydrogens (tertiary/aromatic N) is 1. The van der Waals surface area contributed by atoms with E-state index in [1.165, 1.54) is 6.07 Å². The standard InChI is InChI=1S/C25H31ClF3N3O2/c1-15-18(24(34)30-17-7-3-2-4-8-17)14-22(32(15)31-21-9-5-6-10-23(21)33)19-13-16(25(27,28)29)11-12-20(19)26/h11-14,17,21,23,31,33H,2-10H2,1H3,(H,30,34)/t21-,23-/m1/s1. The van der Waals surface area contributed by atoms with Gasteiger partial charge in [-0.15, -0.1) is 0 Å². The third-order valence-corrected chi connectivity index (χ3v) is 7.36. The van der Waals surface area contributed by atoms with E-state index in [1.54, 1.807) is 17.7 Å². The molecular weight excluding hydrogens is 467 g/mol. The van der Waals surface area contributed by atoms with Crippen molar-refractivity contribution in [2.75, 3.05) is 5.43 Å². The van der Waals surface area contributed by atoms with E-state index in [0.717, 1.165) is 63.5 Å². The first-order valence-electron chi connectivity index (χ1n) is 12.0. The van der Waals surface area contributed by atoms with Gasteiger partial charge >= 0.3 is 6.18 Å². The summed E-state index contributed by atoms with van der Waals surface area (Å²) in [5, 5.41) is 13.7. The lowest BCUT2D eigenvalue weighted by Gasteiger charge is -2.31. The lowest BCUT2D eigenvalue weighted by Crippen LogP contribution is -2.41. The van der Waals surface area contributed by atoms with Crippen molar-refractivity contribution in [3.63, 3.8) is 0 Å². The van der Waals surface area contributed by atoms with Gasteiger partial charge in [-0.3, -0.25) is 9.47 Å². The summed E-state index contributed by atoms with van der Waals surface area (Å²) in [4.78, 5) is 13.2. The number of rotatable bonds is 5. The topological polar surface area (TPSA) is 66.3 Å². The van der Waals surface area contributed by atoms with Crippen molar-refractivity contribution in [3.05, 3.63) is 46.1 Å². The van der Waals surface area contributed by atoms with Crippen LogP contribution in [0.4, 0.5) is 13.2 Å². The van der Waals surface area contributed by atoms with Crippen molar-refractivity contribution in [1.82, 2.24) is 9.99 Å². The van der Waals surface area contributed by atoms with Crippen LogP contribution in [0.5, 0.6) is 0 Å². The molecule has 2 aliphatic carbocycles. The number of benzene rings is 1. The number of aliphatic hydroxyl groups excluding tert-OH is 1. The van der Waals surface area contributed by atoms with E-state index in [4.69, 9.17) is 11.6 Å². The van der Waals surface area contributed by atoms with Crippen molar-refractivity contribution in [2.45, 2.75) is 89.1 Å². The number of carbonyl (C=O) groups is 1. The Bertz CT molecular complexity index is 1030. The van der Waals surface area contributed by atoms with E-state index in [0.29, 0.717) is 23.4 Å². The number of aromatic nitrogens is 1. The smallest absolute Gasteiger partial charge is 0.391 e. The maximum absolute atomic E-state index is 13.5. The number of hydrogen-bond donors (Lipinski definition) is 3. The van der Waals surface area contributed by atoms with Crippen LogP contribution in [0, 0.1) is 6.92 Å². The minimum atomic E-state index is -4.53. The molecule has 186 valence electrons. The lowest BCUT2D eigenvalue weighted by atomic mass is 9.93. The van der Waals surface area contributed by atoms with Crippen LogP contribution in [-0.4, -0.2) is 33.9 Å². The molecule has 34 heavy (non-hydrogen) atoms. The van der Waals surface area contributed by atoms with E-state index in [2.05, 4.69) is 10.7 Å². The maximum atomic E-state index is 13.5. The third-order valence-electron chi connectivity index (χ3n) is 7.03. The molecule has 0 unspecified atom stereocenters. The van der Waals surface area contributed by atoms with Gasteiger partial charge in [0.25, 0.3) is 5.91 Å². The second-order valence-corrected chi connectivity index (χ2v) is 9.86. The zero-order valence-corrected chi connectivity index (χ0v) is 20.0. The van der Waals surface area contributed by atoms with Crippen molar-refractivity contribution < 1.29 is 23.1 Å². The summed E-state index contributed by atoms with van der Waals surface area (Å²) < 4.78 is 42.0. The molecule has 0 radical (unpaired) electrons. The Hall–Kier alpha value is -2.19. The SMILES string of the molecule is Cc1c(C(=O)NC2CCCCC2)cc(-c2cc(C(F)(F)F)ccc2Cl)n1N[C@@H]1CCCC[C@H]1O. The Morgan fingerprint density at radius 2 is 1.74 bits per heavy atom. The van der Waals surface area contributed by atoms with E-state index < -0.39 is 17.8 Å². The van der Waals surface area contributed by atoms with Gasteiger partial charge in [-0.2, -0.15) is 13.2 Å². The lowest BCUT2D eigenvalue weighted by molar-refractivity contribution is -0.137. The Balaban J connectivity index is 1.75. The molecule has 1 aromatic heterocycles. The Morgan fingerprint density at radius 1 is 1.06 bits per heavy atom. The van der Waals surface area contributed by atoms with Gasteiger partial charge in [-0.05, 0) is 56.9 Å². The maximum Gasteiger partial charge on any atom is 0.416 e. The summed E-state index contributed by atoms with van der Waals surface area (Å²) in [6.07, 6.45) is 3.25. The second kappa shape index (κ2) is 10.2. The summed E-state index contributed by atoms with van der Waals surface area (Å²) in [6, 6.07) is 4.59. The molecule has 0 bridgehead atoms. The van der Waals surface area contributed by atoms with Gasteiger partial charge in [0.15, 0.2) is 0 Å². The number of nitrogens with one attached hydrogen (secondary N) is 2. The highest BCUT2D eigenvalue weighted by atomic mass is 35.5. The quantitative estimate of drug-likeness (QED) is 0.471. The minimum absolute atomic E-state index is 0.0951. The fourth-order valence-electron chi connectivity index (χ4n) is 5.04. The molecule has 0 spiro atoms. The highest BCUT2D eigenvalue weighted by Crippen LogP contribution is 2.37. The molecule has 2 aromatic rings. The highest BCUT2D eigenvalue weighted by Gasteiger charge is 2.32. The molecule has 9 heteroatoms. The van der Waals surface area contributed by atoms with Crippen LogP contribution in [0.3, 0.4) is 0 Å². The molecule has 1 heterocycles. The number of alkyl halides is 3. The Kier molecular flexibility index (Phi) is 7.48. The van der Waals surface area contributed by atoms with Gasteiger partial charge in [0.1, 0.15) is 0 Å². The van der Waals surface area contributed by atoms with Gasteiger partial charge in [0, 0.05) is 22.3 Å². The van der Waals surface area contributed by atoms with Crippen LogP contribution in [0.25, 0.3) is 11.3 Å². The normalized spacial score (nSPS) is 21.9. The molecule has 2 fully saturated rings. The minimum Gasteiger partial charge on any atom is -0.391 e. The van der Waals surface area contributed by atoms with E-state index in [9.17, 15) is 23.1 Å². The number of carbonyl (C=O) groups excluding carboxylic acids is 1. The van der Waals surface area contributed by atoms with Crippen molar-refractivity contribution in [2.24, 2.45) is 0 Å². The molecule has 0 saturated heterocycles. The molecule has 0 aliphatic heterocycles. The first kappa shape index (κ1) is 24.9. The van der Waals surface area contributed by atoms with Gasteiger partial charge in [0.2, 0.25) is 0 Å². The molecule has 2 atom stereocenters. The van der Waals surface area contributed by atoms with E-state index in [1.807, 2.05) is 0 Å². The monoisotopic (exact) mass is 497 g/mol. The molecule has 5 nitrogen and oxygen atoms in total. The average Bonchev–Trinajstić information content (AvgIpc) is 3.11. The fourth-order valence-corrected chi connectivity index (χ4v) is 5.25. The first-order valence-corrected chi connectivity index (χ1v) is 12.4. The molecular formula is C25H31ClF3N3O2. The summed E-state index contributed by atoms with van der Waals surface area (Å²) in [5.41, 5.74) is 3.94. The first-order chi connectivity index (χ1) is 16.1. The molecule has 3 N–H and O–H groups in total. The number of aliphatic hydroxyl groups is 1. The number of amides is 1. The van der Waals surface area contributed by atoms with E-state index >= 15 is 0 Å². The third kappa shape index (κ3) is 5.38. The summed E-state index contributed by atoms with van der Waals surface area (Å²) in [7, 11) is 0.